The fraction of sp³-hybridized carbons (Fsp3) is 0.350. The molecule has 3 aromatic rings. The Kier molecular flexibility index (Phi) is 4.13. The monoisotopic (exact) mass is 355 g/mol. The van der Waals surface area contributed by atoms with E-state index in [9.17, 15) is 9.90 Å². The van der Waals surface area contributed by atoms with Crippen LogP contribution in [0.3, 0.4) is 0 Å². The van der Waals surface area contributed by atoms with Gasteiger partial charge in [-0.25, -0.2) is 4.79 Å². The average Bonchev–Trinajstić information content (AvgIpc) is 3.06. The topological polar surface area (TPSA) is 53.7 Å². The summed E-state index contributed by atoms with van der Waals surface area (Å²) in [5.74, 6) is 0.185. The predicted octanol–water partition coefficient (Wildman–Crippen LogP) is 4.24. The molecule has 0 radical (unpaired) electrons. The van der Waals surface area contributed by atoms with Gasteiger partial charge in [0.05, 0.1) is 0 Å². The van der Waals surface area contributed by atoms with Crippen molar-refractivity contribution in [1.82, 2.24) is 4.90 Å². The highest BCUT2D eigenvalue weighted by molar-refractivity contribution is 7.10. The molecule has 0 amide bonds. The van der Waals surface area contributed by atoms with Crippen LogP contribution in [0, 0.1) is 0 Å². The Morgan fingerprint density at radius 3 is 2.96 bits per heavy atom. The second-order valence-corrected chi connectivity index (χ2v) is 7.62. The number of nitrogens with zero attached hydrogens (tertiary/aromatic N) is 1. The summed E-state index contributed by atoms with van der Waals surface area (Å²) in [4.78, 5) is 15.9. The van der Waals surface area contributed by atoms with Crippen molar-refractivity contribution in [3.05, 3.63) is 61.6 Å². The van der Waals surface area contributed by atoms with E-state index in [1.54, 1.807) is 12.1 Å². The van der Waals surface area contributed by atoms with Gasteiger partial charge in [0, 0.05) is 41.5 Å². The van der Waals surface area contributed by atoms with Gasteiger partial charge in [-0.2, -0.15) is 0 Å². The Bertz CT molecular complexity index is 988. The van der Waals surface area contributed by atoms with Crippen molar-refractivity contribution in [2.24, 2.45) is 0 Å². The van der Waals surface area contributed by atoms with E-state index in [4.69, 9.17) is 4.42 Å². The van der Waals surface area contributed by atoms with Crippen LogP contribution in [0.5, 0.6) is 5.75 Å². The largest absolute Gasteiger partial charge is 0.508 e. The third-order valence-electron chi connectivity index (χ3n) is 5.19. The number of thiophene rings is 1. The highest BCUT2D eigenvalue weighted by Crippen LogP contribution is 2.35. The van der Waals surface area contributed by atoms with Crippen LogP contribution in [0.25, 0.3) is 11.0 Å². The van der Waals surface area contributed by atoms with Gasteiger partial charge in [0.1, 0.15) is 11.3 Å². The summed E-state index contributed by atoms with van der Waals surface area (Å²) in [6.07, 6.45) is 1.79. The van der Waals surface area contributed by atoms with E-state index in [2.05, 4.69) is 23.3 Å². The van der Waals surface area contributed by atoms with Gasteiger partial charge in [-0.1, -0.05) is 6.92 Å². The molecule has 1 aliphatic heterocycles. The molecule has 1 N–H and O–H groups in total. The van der Waals surface area contributed by atoms with Gasteiger partial charge in [-0.15, -0.1) is 11.3 Å². The van der Waals surface area contributed by atoms with E-state index >= 15 is 0 Å². The van der Waals surface area contributed by atoms with E-state index in [0.29, 0.717) is 18.2 Å². The Morgan fingerprint density at radius 2 is 2.16 bits per heavy atom. The Morgan fingerprint density at radius 1 is 1.32 bits per heavy atom. The summed E-state index contributed by atoms with van der Waals surface area (Å²) >= 11 is 1.83. The number of phenols is 1. The van der Waals surface area contributed by atoms with Crippen LogP contribution in [0.2, 0.25) is 0 Å². The molecule has 0 aliphatic carbocycles. The normalized spacial score (nSPS) is 17.8. The first-order chi connectivity index (χ1) is 12.1. The third-order valence-corrected chi connectivity index (χ3v) is 6.18. The average molecular weight is 355 g/mol. The maximum absolute atomic E-state index is 12.0. The van der Waals surface area contributed by atoms with Gasteiger partial charge in [0.25, 0.3) is 0 Å². The van der Waals surface area contributed by atoms with Crippen LogP contribution in [0.15, 0.2) is 38.9 Å². The van der Waals surface area contributed by atoms with E-state index < -0.39 is 0 Å². The van der Waals surface area contributed by atoms with Gasteiger partial charge in [0.2, 0.25) is 0 Å². The standard InChI is InChI=1S/C20H21NO3S/c1-3-13-8-16-14(9-20(23)24-18(16)10-17(13)22)11-21-6-4-19-15(12(21)2)5-7-25-19/h5,7-10,12,22H,3-4,6,11H2,1-2H3/t12-/m0/s1. The molecule has 130 valence electrons. The number of fused-ring (bicyclic) bond motifs is 2. The number of hydrogen-bond donors (Lipinski definition) is 1. The van der Waals surface area contributed by atoms with Gasteiger partial charge in [-0.3, -0.25) is 4.90 Å². The molecule has 1 aliphatic rings. The minimum Gasteiger partial charge on any atom is -0.508 e. The van der Waals surface area contributed by atoms with E-state index in [1.165, 1.54) is 10.4 Å². The lowest BCUT2D eigenvalue weighted by Crippen LogP contribution is -2.32. The number of benzene rings is 1. The van der Waals surface area contributed by atoms with Gasteiger partial charge >= 0.3 is 5.63 Å². The van der Waals surface area contributed by atoms with Crippen LogP contribution in [0.1, 0.15) is 41.5 Å². The fourth-order valence-corrected chi connectivity index (χ4v) is 4.68. The Hall–Kier alpha value is -2.11. The second kappa shape index (κ2) is 6.32. The minimum absolute atomic E-state index is 0.185. The zero-order valence-corrected chi connectivity index (χ0v) is 15.2. The summed E-state index contributed by atoms with van der Waals surface area (Å²) in [7, 11) is 0. The summed E-state index contributed by atoms with van der Waals surface area (Å²) in [5.41, 5.74) is 3.32. The number of aryl methyl sites for hydroxylation is 1. The molecule has 0 saturated heterocycles. The van der Waals surface area contributed by atoms with Crippen LogP contribution in [-0.2, 0) is 19.4 Å². The highest BCUT2D eigenvalue weighted by Gasteiger charge is 2.25. The van der Waals surface area contributed by atoms with E-state index in [0.717, 1.165) is 35.9 Å². The smallest absolute Gasteiger partial charge is 0.336 e. The number of aromatic hydroxyl groups is 1. The SMILES string of the molecule is CCc1cc2c(CN3CCc4sccc4[C@@H]3C)cc(=O)oc2cc1O. The summed E-state index contributed by atoms with van der Waals surface area (Å²) in [6.45, 7) is 5.91. The van der Waals surface area contributed by atoms with E-state index in [1.807, 2.05) is 24.3 Å². The maximum atomic E-state index is 12.0. The van der Waals surface area contributed by atoms with Crippen molar-refractivity contribution in [2.75, 3.05) is 6.54 Å². The van der Waals surface area contributed by atoms with Crippen molar-refractivity contribution in [1.29, 1.82) is 0 Å². The molecule has 0 bridgehead atoms. The molecule has 4 nitrogen and oxygen atoms in total. The predicted molar refractivity (Wildman–Crippen MR) is 100 cm³/mol. The molecule has 1 atom stereocenters. The number of rotatable bonds is 3. The zero-order chi connectivity index (χ0) is 17.6. The molecule has 0 spiro atoms. The first-order valence-corrected chi connectivity index (χ1v) is 9.53. The van der Waals surface area contributed by atoms with Crippen LogP contribution in [0.4, 0.5) is 0 Å². The van der Waals surface area contributed by atoms with E-state index in [-0.39, 0.29) is 11.4 Å². The first kappa shape index (κ1) is 16.4. The molecule has 0 saturated carbocycles. The number of hydrogen-bond acceptors (Lipinski definition) is 5. The Balaban J connectivity index is 1.75. The highest BCUT2D eigenvalue weighted by atomic mass is 32.1. The molecular formula is C20H21NO3S. The van der Waals surface area contributed by atoms with Crippen LogP contribution >= 0.6 is 11.3 Å². The van der Waals surface area contributed by atoms with Gasteiger partial charge in [-0.05, 0) is 54.0 Å². The quantitative estimate of drug-likeness (QED) is 0.714. The molecule has 0 fully saturated rings. The molecule has 25 heavy (non-hydrogen) atoms. The molecule has 5 heteroatoms. The first-order valence-electron chi connectivity index (χ1n) is 8.65. The lowest BCUT2D eigenvalue weighted by atomic mass is 9.99. The summed E-state index contributed by atoms with van der Waals surface area (Å²) in [6, 6.07) is 7.65. The summed E-state index contributed by atoms with van der Waals surface area (Å²) in [5, 5.41) is 13.1. The minimum atomic E-state index is -0.368. The second-order valence-electron chi connectivity index (χ2n) is 6.62. The molecular weight excluding hydrogens is 334 g/mol. The molecule has 2 aromatic heterocycles. The lowest BCUT2D eigenvalue weighted by molar-refractivity contribution is 0.192. The van der Waals surface area contributed by atoms with Crippen molar-refractivity contribution >= 4 is 22.3 Å². The fourth-order valence-electron chi connectivity index (χ4n) is 3.72. The van der Waals surface area contributed by atoms with Crippen molar-refractivity contribution < 1.29 is 9.52 Å². The zero-order valence-electron chi connectivity index (χ0n) is 14.4. The van der Waals surface area contributed by atoms with Crippen LogP contribution in [-0.4, -0.2) is 16.6 Å². The molecule has 4 rings (SSSR count). The molecule has 3 heterocycles. The van der Waals surface area contributed by atoms with Crippen molar-refractivity contribution in [3.8, 4) is 5.75 Å². The number of phenolic OH excluding ortho intramolecular Hbond substituents is 1. The van der Waals surface area contributed by atoms with Gasteiger partial charge < -0.3 is 9.52 Å². The van der Waals surface area contributed by atoms with Gasteiger partial charge in [0.15, 0.2) is 0 Å². The lowest BCUT2D eigenvalue weighted by Gasteiger charge is -2.33. The summed E-state index contributed by atoms with van der Waals surface area (Å²) < 4.78 is 5.31. The molecule has 0 unspecified atom stereocenters. The van der Waals surface area contributed by atoms with Crippen LogP contribution < -0.4 is 5.63 Å². The maximum Gasteiger partial charge on any atom is 0.336 e. The van der Waals surface area contributed by atoms with Crippen molar-refractivity contribution in [3.63, 3.8) is 0 Å². The van der Waals surface area contributed by atoms with Crippen molar-refractivity contribution in [2.45, 2.75) is 39.3 Å². The molecule has 1 aromatic carbocycles. The third kappa shape index (κ3) is 2.87. The Labute approximate surface area is 150 Å².